The molecule has 4 nitrogen and oxygen atoms in total. The highest BCUT2D eigenvalue weighted by molar-refractivity contribution is 5.97. The summed E-state index contributed by atoms with van der Waals surface area (Å²) in [5, 5.41) is 0. The number of amides is 1. The molecule has 0 spiro atoms. The van der Waals surface area contributed by atoms with E-state index in [1.165, 1.54) is 38.2 Å². The number of likely N-dealkylation sites (tertiary alicyclic amines) is 1. The minimum absolute atomic E-state index is 0.0727. The lowest BCUT2D eigenvalue weighted by molar-refractivity contribution is -0.121. The van der Waals surface area contributed by atoms with Crippen LogP contribution in [0.4, 0.5) is 10.1 Å². The molecule has 1 aromatic rings. The van der Waals surface area contributed by atoms with Gasteiger partial charge in [-0.25, -0.2) is 4.39 Å². The van der Waals surface area contributed by atoms with Crippen molar-refractivity contribution in [2.45, 2.75) is 45.4 Å². The van der Waals surface area contributed by atoms with Gasteiger partial charge >= 0.3 is 0 Å². The summed E-state index contributed by atoms with van der Waals surface area (Å²) in [5.74, 6) is 0.617. The molecular formula is C20H29FN2O2. The molecule has 0 radical (unpaired) electrons. The van der Waals surface area contributed by atoms with Gasteiger partial charge in [-0.2, -0.15) is 0 Å². The van der Waals surface area contributed by atoms with E-state index in [9.17, 15) is 9.18 Å². The summed E-state index contributed by atoms with van der Waals surface area (Å²) in [7, 11) is 0. The minimum atomic E-state index is -0.399. The average molecular weight is 348 g/mol. The van der Waals surface area contributed by atoms with E-state index in [0.29, 0.717) is 12.2 Å². The molecule has 5 heteroatoms. The SMILES string of the molecule is CCCCC1CCN(CCCN2C(=O)COc3c(F)cccc32)CC1. The van der Waals surface area contributed by atoms with Crippen LogP contribution < -0.4 is 9.64 Å². The van der Waals surface area contributed by atoms with Crippen molar-refractivity contribution in [3.05, 3.63) is 24.0 Å². The number of ether oxygens (including phenoxy) is 1. The highest BCUT2D eigenvalue weighted by atomic mass is 19.1. The number of halogens is 1. The number of piperidine rings is 1. The van der Waals surface area contributed by atoms with E-state index in [-0.39, 0.29) is 18.3 Å². The van der Waals surface area contributed by atoms with Crippen LogP contribution in [0.25, 0.3) is 0 Å². The van der Waals surface area contributed by atoms with Crippen LogP contribution in [0.15, 0.2) is 18.2 Å². The van der Waals surface area contributed by atoms with Crippen LogP contribution in [-0.4, -0.2) is 43.6 Å². The van der Waals surface area contributed by atoms with Crippen LogP contribution in [0.2, 0.25) is 0 Å². The molecule has 2 heterocycles. The Balaban J connectivity index is 1.47. The highest BCUT2D eigenvalue weighted by Crippen LogP contribution is 2.34. The number of rotatable bonds is 7. The van der Waals surface area contributed by atoms with Crippen LogP contribution in [0.3, 0.4) is 0 Å². The van der Waals surface area contributed by atoms with Gasteiger partial charge in [-0.15, -0.1) is 0 Å². The van der Waals surface area contributed by atoms with Gasteiger partial charge in [0.1, 0.15) is 0 Å². The Morgan fingerprint density at radius 2 is 2.00 bits per heavy atom. The van der Waals surface area contributed by atoms with E-state index in [2.05, 4.69) is 11.8 Å². The van der Waals surface area contributed by atoms with Crippen molar-refractivity contribution in [1.82, 2.24) is 4.90 Å². The summed E-state index contributed by atoms with van der Waals surface area (Å²) < 4.78 is 19.1. The molecule has 25 heavy (non-hydrogen) atoms. The highest BCUT2D eigenvalue weighted by Gasteiger charge is 2.27. The number of fused-ring (bicyclic) bond motifs is 1. The third-order valence-corrected chi connectivity index (χ3v) is 5.41. The summed E-state index contributed by atoms with van der Waals surface area (Å²) >= 11 is 0. The van der Waals surface area contributed by atoms with Gasteiger partial charge in [0.2, 0.25) is 0 Å². The quantitative estimate of drug-likeness (QED) is 0.750. The molecule has 3 rings (SSSR count). The smallest absolute Gasteiger partial charge is 0.265 e. The first-order chi connectivity index (χ1) is 12.2. The molecule has 0 unspecified atom stereocenters. The first-order valence-corrected chi connectivity index (χ1v) is 9.63. The normalized spacial score (nSPS) is 19.0. The molecule has 1 saturated heterocycles. The summed E-state index contributed by atoms with van der Waals surface area (Å²) in [6, 6.07) is 4.76. The number of hydrogen-bond donors (Lipinski definition) is 0. The molecule has 1 aromatic carbocycles. The predicted octanol–water partition coefficient (Wildman–Crippen LogP) is 3.84. The number of unbranched alkanes of at least 4 members (excludes halogenated alkanes) is 1. The second-order valence-electron chi connectivity index (χ2n) is 7.20. The monoisotopic (exact) mass is 348 g/mol. The lowest BCUT2D eigenvalue weighted by atomic mass is 9.91. The Morgan fingerprint density at radius 1 is 1.20 bits per heavy atom. The summed E-state index contributed by atoms with van der Waals surface area (Å²) in [5.41, 5.74) is 0.564. The van der Waals surface area contributed by atoms with Crippen molar-refractivity contribution in [1.29, 1.82) is 0 Å². The van der Waals surface area contributed by atoms with E-state index in [1.807, 2.05) is 0 Å². The Bertz CT molecular complexity index is 585. The molecule has 1 fully saturated rings. The Labute approximate surface area is 149 Å². The van der Waals surface area contributed by atoms with Crippen LogP contribution in [0.1, 0.15) is 45.4 Å². The van der Waals surface area contributed by atoms with E-state index in [1.54, 1.807) is 17.0 Å². The van der Waals surface area contributed by atoms with Crippen molar-refractivity contribution >= 4 is 11.6 Å². The van der Waals surface area contributed by atoms with Crippen molar-refractivity contribution in [2.24, 2.45) is 5.92 Å². The Kier molecular flexibility index (Phi) is 6.29. The first-order valence-electron chi connectivity index (χ1n) is 9.63. The summed E-state index contributed by atoms with van der Waals surface area (Å²) in [6.45, 7) is 6.13. The number of nitrogens with zero attached hydrogens (tertiary/aromatic N) is 2. The van der Waals surface area contributed by atoms with Gasteiger partial charge in [-0.05, 0) is 56.9 Å². The molecular weight excluding hydrogens is 319 g/mol. The first kappa shape index (κ1) is 18.2. The van der Waals surface area contributed by atoms with Gasteiger partial charge in [0, 0.05) is 6.54 Å². The zero-order valence-corrected chi connectivity index (χ0v) is 15.2. The number of carbonyl (C=O) groups is 1. The molecule has 2 aliphatic heterocycles. The third-order valence-electron chi connectivity index (χ3n) is 5.41. The molecule has 2 aliphatic rings. The Hall–Kier alpha value is -1.62. The van der Waals surface area contributed by atoms with E-state index in [0.717, 1.165) is 32.0 Å². The third kappa shape index (κ3) is 4.51. The number of hydrogen-bond acceptors (Lipinski definition) is 3. The van der Waals surface area contributed by atoms with E-state index in [4.69, 9.17) is 4.74 Å². The fraction of sp³-hybridized carbons (Fsp3) is 0.650. The maximum Gasteiger partial charge on any atom is 0.265 e. The van der Waals surface area contributed by atoms with Crippen molar-refractivity contribution in [2.75, 3.05) is 37.7 Å². The molecule has 0 aromatic heterocycles. The second kappa shape index (κ2) is 8.65. The van der Waals surface area contributed by atoms with Crippen LogP contribution >= 0.6 is 0 Å². The zero-order valence-electron chi connectivity index (χ0n) is 15.2. The van der Waals surface area contributed by atoms with Gasteiger partial charge in [-0.3, -0.25) is 4.79 Å². The van der Waals surface area contributed by atoms with Crippen molar-refractivity contribution < 1.29 is 13.9 Å². The molecule has 0 atom stereocenters. The van der Waals surface area contributed by atoms with Gasteiger partial charge in [0.25, 0.3) is 5.91 Å². The molecule has 0 bridgehead atoms. The van der Waals surface area contributed by atoms with Crippen LogP contribution in [0.5, 0.6) is 5.75 Å². The predicted molar refractivity (Wildman–Crippen MR) is 97.6 cm³/mol. The van der Waals surface area contributed by atoms with Crippen molar-refractivity contribution in [3.63, 3.8) is 0 Å². The number of carbonyl (C=O) groups excluding carboxylic acids is 1. The van der Waals surface area contributed by atoms with Gasteiger partial charge in [0.15, 0.2) is 18.2 Å². The summed E-state index contributed by atoms with van der Waals surface area (Å²) in [4.78, 5) is 16.3. The standard InChI is InChI=1S/C20H29FN2O2/c1-2-3-6-16-9-13-22(14-10-16)11-5-12-23-18-8-4-7-17(21)20(18)25-15-19(23)24/h4,7-8,16H,2-3,5-6,9-15H2,1H3. The molecule has 138 valence electrons. The van der Waals surface area contributed by atoms with Gasteiger partial charge < -0.3 is 14.5 Å². The topological polar surface area (TPSA) is 32.8 Å². The number of para-hydroxylation sites is 1. The maximum atomic E-state index is 13.8. The number of benzene rings is 1. The largest absolute Gasteiger partial charge is 0.478 e. The average Bonchev–Trinajstić information content (AvgIpc) is 2.63. The number of anilines is 1. The maximum absolute atomic E-state index is 13.8. The molecule has 0 saturated carbocycles. The molecule has 0 aliphatic carbocycles. The fourth-order valence-corrected chi connectivity index (χ4v) is 3.89. The Morgan fingerprint density at radius 3 is 2.76 bits per heavy atom. The van der Waals surface area contributed by atoms with Crippen LogP contribution in [-0.2, 0) is 4.79 Å². The summed E-state index contributed by atoms with van der Waals surface area (Å²) in [6.07, 6.45) is 7.50. The van der Waals surface area contributed by atoms with E-state index >= 15 is 0 Å². The molecule has 0 N–H and O–H groups in total. The zero-order chi connectivity index (χ0) is 17.6. The van der Waals surface area contributed by atoms with Gasteiger partial charge in [0.05, 0.1) is 5.69 Å². The lowest BCUT2D eigenvalue weighted by Crippen LogP contribution is -2.41. The van der Waals surface area contributed by atoms with Crippen molar-refractivity contribution in [3.8, 4) is 5.75 Å². The second-order valence-corrected chi connectivity index (χ2v) is 7.20. The fourth-order valence-electron chi connectivity index (χ4n) is 3.89. The van der Waals surface area contributed by atoms with Gasteiger partial charge in [-0.1, -0.05) is 32.3 Å². The minimum Gasteiger partial charge on any atom is -0.478 e. The van der Waals surface area contributed by atoms with Crippen LogP contribution in [0, 0.1) is 11.7 Å². The molecule has 1 amide bonds. The lowest BCUT2D eigenvalue weighted by Gasteiger charge is -2.33. The van der Waals surface area contributed by atoms with E-state index < -0.39 is 5.82 Å².